The molecule has 20 heavy (non-hydrogen) atoms. The molecule has 2 rings (SSSR count). The maximum absolute atomic E-state index is 13.5. The molecule has 0 saturated heterocycles. The topological polar surface area (TPSA) is 12.0 Å². The summed E-state index contributed by atoms with van der Waals surface area (Å²) in [5, 5.41) is 3.41. The molecule has 0 aliphatic carbocycles. The lowest BCUT2D eigenvalue weighted by atomic mass is 9.92. The Hall–Kier alpha value is -0.610. The first-order valence-electron chi connectivity index (χ1n) is 6.38. The molecule has 0 aliphatic rings. The average Bonchev–Trinajstić information content (AvgIpc) is 2.66. The summed E-state index contributed by atoms with van der Waals surface area (Å²) in [5.41, 5.74) is 3.82. The lowest BCUT2D eigenvalue weighted by molar-refractivity contribution is 0.607. The van der Waals surface area contributed by atoms with Crippen LogP contribution in [0.15, 0.2) is 18.2 Å². The van der Waals surface area contributed by atoms with Crippen molar-refractivity contribution in [2.75, 3.05) is 6.54 Å². The number of benzene rings is 1. The molecule has 0 fully saturated rings. The molecule has 1 nitrogen and oxygen atoms in total. The zero-order chi connectivity index (χ0) is 14.9. The summed E-state index contributed by atoms with van der Waals surface area (Å²) in [6.45, 7) is 6.64. The highest BCUT2D eigenvalue weighted by atomic mass is 35.5. The quantitative estimate of drug-likeness (QED) is 0.778. The van der Waals surface area contributed by atoms with Crippen LogP contribution >= 0.6 is 34.5 Å². The highest BCUT2D eigenvalue weighted by Crippen LogP contribution is 2.39. The molecule has 5 heteroatoms. The van der Waals surface area contributed by atoms with Gasteiger partial charge in [0, 0.05) is 5.56 Å². The summed E-state index contributed by atoms with van der Waals surface area (Å²) in [6, 6.07) is 4.91. The number of hydrogen-bond acceptors (Lipinski definition) is 2. The van der Waals surface area contributed by atoms with Gasteiger partial charge in [0.25, 0.3) is 0 Å². The normalized spacial score (nSPS) is 12.7. The summed E-state index contributed by atoms with van der Waals surface area (Å²) < 4.78 is 14.8. The van der Waals surface area contributed by atoms with Gasteiger partial charge < -0.3 is 5.32 Å². The molecular weight excluding hydrogens is 316 g/mol. The average molecular weight is 332 g/mol. The van der Waals surface area contributed by atoms with E-state index < -0.39 is 0 Å². The summed E-state index contributed by atoms with van der Waals surface area (Å²) in [6.07, 6.45) is 0. The van der Waals surface area contributed by atoms with Gasteiger partial charge in [0.15, 0.2) is 0 Å². The van der Waals surface area contributed by atoms with Crippen molar-refractivity contribution < 1.29 is 4.39 Å². The van der Waals surface area contributed by atoms with Crippen LogP contribution in [0.1, 0.15) is 35.2 Å². The molecule has 108 valence electrons. The van der Waals surface area contributed by atoms with E-state index in [4.69, 9.17) is 23.2 Å². The molecule has 0 radical (unpaired) electrons. The fourth-order valence-electron chi connectivity index (χ4n) is 2.50. The first kappa shape index (κ1) is 15.8. The third-order valence-corrected chi connectivity index (χ3v) is 4.77. The number of rotatable bonds is 4. The van der Waals surface area contributed by atoms with E-state index in [2.05, 4.69) is 5.32 Å². The third-order valence-electron chi connectivity index (χ3n) is 3.25. The van der Waals surface area contributed by atoms with Gasteiger partial charge in [0.05, 0.1) is 14.7 Å². The Morgan fingerprint density at radius 2 is 1.80 bits per heavy atom. The molecule has 0 saturated carbocycles. The molecule has 1 N–H and O–H groups in total. The van der Waals surface area contributed by atoms with Gasteiger partial charge in [-0.05, 0) is 55.3 Å². The van der Waals surface area contributed by atoms with Crippen molar-refractivity contribution in [3.05, 3.63) is 54.9 Å². The predicted molar refractivity (Wildman–Crippen MR) is 85.7 cm³/mol. The van der Waals surface area contributed by atoms with Crippen molar-refractivity contribution in [2.45, 2.75) is 26.8 Å². The maximum Gasteiger partial charge on any atom is 0.123 e. The van der Waals surface area contributed by atoms with Crippen molar-refractivity contribution in [1.29, 1.82) is 0 Å². The Balaban J connectivity index is 2.57. The Kier molecular flexibility index (Phi) is 5.08. The van der Waals surface area contributed by atoms with E-state index in [1.165, 1.54) is 11.3 Å². The molecule has 0 amide bonds. The Labute approximate surface area is 132 Å². The third kappa shape index (κ3) is 3.17. The lowest BCUT2D eigenvalue weighted by Gasteiger charge is -2.22. The Morgan fingerprint density at radius 3 is 2.25 bits per heavy atom. The SMILES string of the molecule is CCNC(c1cc(Cl)sc1Cl)c1c(C)cc(F)cc1C. The van der Waals surface area contributed by atoms with Crippen LogP contribution in [0.2, 0.25) is 8.67 Å². The first-order chi connectivity index (χ1) is 9.43. The van der Waals surface area contributed by atoms with E-state index in [1.54, 1.807) is 12.1 Å². The molecule has 0 bridgehead atoms. The van der Waals surface area contributed by atoms with E-state index in [0.717, 1.165) is 28.8 Å². The van der Waals surface area contributed by atoms with Crippen molar-refractivity contribution in [2.24, 2.45) is 0 Å². The van der Waals surface area contributed by atoms with Crippen LogP contribution in [0.4, 0.5) is 4.39 Å². The monoisotopic (exact) mass is 331 g/mol. The van der Waals surface area contributed by atoms with Gasteiger partial charge in [0.2, 0.25) is 0 Å². The van der Waals surface area contributed by atoms with Crippen LogP contribution in [0.5, 0.6) is 0 Å². The summed E-state index contributed by atoms with van der Waals surface area (Å²) >= 11 is 13.7. The van der Waals surface area contributed by atoms with Gasteiger partial charge in [-0.15, -0.1) is 11.3 Å². The summed E-state index contributed by atoms with van der Waals surface area (Å²) in [7, 11) is 0. The van der Waals surface area contributed by atoms with Crippen molar-refractivity contribution in [3.8, 4) is 0 Å². The highest BCUT2D eigenvalue weighted by Gasteiger charge is 2.22. The van der Waals surface area contributed by atoms with Crippen LogP contribution < -0.4 is 5.32 Å². The fourth-order valence-corrected chi connectivity index (χ4v) is 4.03. The first-order valence-corrected chi connectivity index (χ1v) is 7.96. The van der Waals surface area contributed by atoms with E-state index in [1.807, 2.05) is 26.8 Å². The molecule has 1 aromatic heterocycles. The van der Waals surface area contributed by atoms with Crippen LogP contribution in [-0.2, 0) is 0 Å². The molecule has 1 heterocycles. The Morgan fingerprint density at radius 1 is 1.20 bits per heavy atom. The lowest BCUT2D eigenvalue weighted by Crippen LogP contribution is -2.23. The number of nitrogens with one attached hydrogen (secondary N) is 1. The van der Waals surface area contributed by atoms with E-state index in [9.17, 15) is 4.39 Å². The smallest absolute Gasteiger partial charge is 0.123 e. The number of thiophene rings is 1. The number of hydrogen-bond donors (Lipinski definition) is 1. The van der Waals surface area contributed by atoms with E-state index >= 15 is 0 Å². The minimum atomic E-state index is -0.214. The second-order valence-electron chi connectivity index (χ2n) is 4.72. The molecule has 2 aromatic rings. The predicted octanol–water partition coefficient (Wildman–Crippen LogP) is 5.51. The van der Waals surface area contributed by atoms with E-state index in [0.29, 0.717) is 8.67 Å². The minimum absolute atomic E-state index is 0.0724. The zero-order valence-corrected chi connectivity index (χ0v) is 13.9. The summed E-state index contributed by atoms with van der Waals surface area (Å²) in [4.78, 5) is 0. The maximum atomic E-state index is 13.5. The number of aryl methyl sites for hydroxylation is 2. The molecule has 0 aliphatic heterocycles. The molecule has 0 spiro atoms. The second-order valence-corrected chi connectivity index (χ2v) is 7.01. The second kappa shape index (κ2) is 6.44. The minimum Gasteiger partial charge on any atom is -0.306 e. The van der Waals surface area contributed by atoms with Gasteiger partial charge >= 0.3 is 0 Å². The van der Waals surface area contributed by atoms with Gasteiger partial charge in [-0.25, -0.2) is 4.39 Å². The largest absolute Gasteiger partial charge is 0.306 e. The van der Waals surface area contributed by atoms with Crippen molar-refractivity contribution in [1.82, 2.24) is 5.32 Å². The molecular formula is C15H16Cl2FNS. The van der Waals surface area contributed by atoms with E-state index in [-0.39, 0.29) is 11.9 Å². The Bertz CT molecular complexity index is 601. The van der Waals surface area contributed by atoms with Crippen LogP contribution in [0, 0.1) is 19.7 Å². The summed E-state index contributed by atoms with van der Waals surface area (Å²) in [5.74, 6) is -0.214. The molecule has 1 atom stereocenters. The van der Waals surface area contributed by atoms with Crippen molar-refractivity contribution in [3.63, 3.8) is 0 Å². The van der Waals surface area contributed by atoms with Crippen LogP contribution in [-0.4, -0.2) is 6.54 Å². The highest BCUT2D eigenvalue weighted by molar-refractivity contribution is 7.20. The van der Waals surface area contributed by atoms with Gasteiger partial charge in [-0.3, -0.25) is 0 Å². The van der Waals surface area contributed by atoms with Gasteiger partial charge in [-0.2, -0.15) is 0 Å². The fraction of sp³-hybridized carbons (Fsp3) is 0.333. The van der Waals surface area contributed by atoms with Gasteiger partial charge in [0.1, 0.15) is 5.82 Å². The standard InChI is InChI=1S/C15H16Cl2FNS/c1-4-19-14(11-7-12(16)20-15(11)17)13-8(2)5-10(18)6-9(13)3/h5-7,14,19H,4H2,1-3H3. The number of halogens is 3. The zero-order valence-electron chi connectivity index (χ0n) is 11.6. The van der Waals surface area contributed by atoms with Crippen LogP contribution in [0.3, 0.4) is 0 Å². The molecule has 1 aromatic carbocycles. The van der Waals surface area contributed by atoms with Gasteiger partial charge in [-0.1, -0.05) is 30.1 Å². The molecule has 1 unspecified atom stereocenters. The van der Waals surface area contributed by atoms with Crippen LogP contribution in [0.25, 0.3) is 0 Å². The van der Waals surface area contributed by atoms with Crippen molar-refractivity contribution >= 4 is 34.5 Å².